The first-order valence-corrected chi connectivity index (χ1v) is 11.2. The van der Waals surface area contributed by atoms with Gasteiger partial charge in [0.1, 0.15) is 11.6 Å². The third kappa shape index (κ3) is 4.52. The SMILES string of the molecule is CCCCCN(Cc1nc2ccccc2n1-c1ccccc1)C(=O)c1ccccc1OC. The van der Waals surface area contributed by atoms with Gasteiger partial charge in [-0.05, 0) is 42.8 Å². The molecule has 1 amide bonds. The zero-order valence-electron chi connectivity index (χ0n) is 18.7. The van der Waals surface area contributed by atoms with Crippen LogP contribution in [-0.2, 0) is 6.54 Å². The molecule has 5 nitrogen and oxygen atoms in total. The molecule has 0 saturated heterocycles. The maximum Gasteiger partial charge on any atom is 0.258 e. The number of hydrogen-bond acceptors (Lipinski definition) is 3. The molecule has 1 aromatic heterocycles. The highest BCUT2D eigenvalue weighted by atomic mass is 16.5. The summed E-state index contributed by atoms with van der Waals surface area (Å²) in [4.78, 5) is 20.4. The van der Waals surface area contributed by atoms with Crippen LogP contribution in [0.25, 0.3) is 16.7 Å². The van der Waals surface area contributed by atoms with Crippen LogP contribution in [0, 0.1) is 0 Å². The molecule has 0 aliphatic carbocycles. The van der Waals surface area contributed by atoms with Crippen molar-refractivity contribution in [1.29, 1.82) is 0 Å². The molecule has 0 fully saturated rings. The Morgan fingerprint density at radius 2 is 1.66 bits per heavy atom. The molecule has 4 rings (SSSR count). The summed E-state index contributed by atoms with van der Waals surface area (Å²) >= 11 is 0. The van der Waals surface area contributed by atoms with Gasteiger partial charge in [-0.2, -0.15) is 0 Å². The third-order valence-electron chi connectivity index (χ3n) is 5.63. The van der Waals surface area contributed by atoms with Gasteiger partial charge in [0, 0.05) is 12.2 Å². The molecular weight excluding hydrogens is 398 g/mol. The van der Waals surface area contributed by atoms with E-state index in [1.807, 2.05) is 65.6 Å². The van der Waals surface area contributed by atoms with Crippen molar-refractivity contribution < 1.29 is 9.53 Å². The number of hydrogen-bond donors (Lipinski definition) is 0. The number of unbranched alkanes of at least 4 members (excludes halogenated alkanes) is 2. The van der Waals surface area contributed by atoms with Crippen LogP contribution in [0.1, 0.15) is 42.4 Å². The minimum absolute atomic E-state index is 0.0368. The number of carbonyl (C=O) groups is 1. The standard InChI is InChI=1S/C27H29N3O2/c1-3-4-12-19-29(27(31)22-15-8-11-18-25(22)32-2)20-26-28-23-16-9-10-17-24(23)30(26)21-13-6-5-7-14-21/h5-11,13-18H,3-4,12,19-20H2,1-2H3. The Morgan fingerprint density at radius 3 is 2.44 bits per heavy atom. The number of imidazole rings is 1. The summed E-state index contributed by atoms with van der Waals surface area (Å²) in [6.45, 7) is 3.26. The fraction of sp³-hybridized carbons (Fsp3) is 0.259. The molecule has 0 aliphatic heterocycles. The fourth-order valence-corrected chi connectivity index (χ4v) is 4.01. The van der Waals surface area contributed by atoms with Gasteiger partial charge in [0.15, 0.2) is 0 Å². The number of ether oxygens (including phenoxy) is 1. The van der Waals surface area contributed by atoms with E-state index in [9.17, 15) is 4.79 Å². The first-order valence-electron chi connectivity index (χ1n) is 11.2. The zero-order valence-corrected chi connectivity index (χ0v) is 18.7. The molecule has 0 N–H and O–H groups in total. The van der Waals surface area contributed by atoms with E-state index in [1.165, 1.54) is 0 Å². The van der Waals surface area contributed by atoms with Gasteiger partial charge in [0.2, 0.25) is 0 Å². The smallest absolute Gasteiger partial charge is 0.258 e. The maximum absolute atomic E-state index is 13.6. The highest BCUT2D eigenvalue weighted by Crippen LogP contribution is 2.25. The van der Waals surface area contributed by atoms with E-state index < -0.39 is 0 Å². The largest absolute Gasteiger partial charge is 0.496 e. The molecule has 0 radical (unpaired) electrons. The summed E-state index contributed by atoms with van der Waals surface area (Å²) in [6, 6.07) is 25.7. The number of amides is 1. The quantitative estimate of drug-likeness (QED) is 0.314. The summed E-state index contributed by atoms with van der Waals surface area (Å²) in [7, 11) is 1.60. The molecule has 0 aliphatic rings. The fourth-order valence-electron chi connectivity index (χ4n) is 4.01. The summed E-state index contributed by atoms with van der Waals surface area (Å²) in [5, 5.41) is 0. The van der Waals surface area contributed by atoms with Gasteiger partial charge in [0.25, 0.3) is 5.91 Å². The lowest BCUT2D eigenvalue weighted by Gasteiger charge is -2.24. The van der Waals surface area contributed by atoms with Crippen LogP contribution >= 0.6 is 0 Å². The van der Waals surface area contributed by atoms with Gasteiger partial charge < -0.3 is 9.64 Å². The molecule has 0 saturated carbocycles. The monoisotopic (exact) mass is 427 g/mol. The van der Waals surface area contributed by atoms with Gasteiger partial charge in [-0.3, -0.25) is 9.36 Å². The van der Waals surface area contributed by atoms with E-state index in [0.29, 0.717) is 24.4 Å². The number of nitrogens with zero attached hydrogens (tertiary/aromatic N) is 3. The van der Waals surface area contributed by atoms with Crippen molar-refractivity contribution in [2.24, 2.45) is 0 Å². The minimum Gasteiger partial charge on any atom is -0.496 e. The van der Waals surface area contributed by atoms with Gasteiger partial charge in [-0.15, -0.1) is 0 Å². The van der Waals surface area contributed by atoms with E-state index in [2.05, 4.69) is 29.7 Å². The minimum atomic E-state index is -0.0368. The average Bonchev–Trinajstić information content (AvgIpc) is 3.21. The highest BCUT2D eigenvalue weighted by molar-refractivity contribution is 5.97. The zero-order chi connectivity index (χ0) is 22.3. The molecule has 4 aromatic rings. The van der Waals surface area contributed by atoms with Crippen LogP contribution in [0.2, 0.25) is 0 Å². The van der Waals surface area contributed by atoms with Crippen LogP contribution < -0.4 is 4.74 Å². The number of aromatic nitrogens is 2. The third-order valence-corrected chi connectivity index (χ3v) is 5.63. The first-order chi connectivity index (χ1) is 15.7. The predicted molar refractivity (Wildman–Crippen MR) is 128 cm³/mol. The van der Waals surface area contributed by atoms with Gasteiger partial charge in [0.05, 0.1) is 30.3 Å². The molecule has 0 unspecified atom stereocenters. The predicted octanol–water partition coefficient (Wildman–Crippen LogP) is 5.87. The summed E-state index contributed by atoms with van der Waals surface area (Å²) in [5.41, 5.74) is 3.57. The van der Waals surface area contributed by atoms with Crippen LogP contribution in [-0.4, -0.2) is 34.0 Å². The Kier molecular flexibility index (Phi) is 6.85. The Labute approximate surface area is 189 Å². The second-order valence-corrected chi connectivity index (χ2v) is 7.82. The number of benzene rings is 3. The van der Waals surface area contributed by atoms with Gasteiger partial charge >= 0.3 is 0 Å². The molecule has 0 bridgehead atoms. The number of carbonyl (C=O) groups excluding carboxylic acids is 1. The van der Waals surface area contributed by atoms with Crippen molar-refractivity contribution in [3.8, 4) is 11.4 Å². The average molecular weight is 428 g/mol. The molecule has 0 spiro atoms. The molecule has 0 atom stereocenters. The molecular formula is C27H29N3O2. The van der Waals surface area contributed by atoms with E-state index in [0.717, 1.165) is 41.8 Å². The normalized spacial score (nSPS) is 10.9. The summed E-state index contributed by atoms with van der Waals surface area (Å²) < 4.78 is 7.62. The van der Waals surface area contributed by atoms with Crippen molar-refractivity contribution in [3.63, 3.8) is 0 Å². The van der Waals surface area contributed by atoms with E-state index in [1.54, 1.807) is 7.11 Å². The molecule has 3 aromatic carbocycles. The Balaban J connectivity index is 1.75. The Hall–Kier alpha value is -3.60. The van der Waals surface area contributed by atoms with Crippen molar-refractivity contribution in [3.05, 3.63) is 90.3 Å². The van der Waals surface area contributed by atoms with Crippen LogP contribution in [0.15, 0.2) is 78.9 Å². The van der Waals surface area contributed by atoms with Gasteiger partial charge in [-0.1, -0.05) is 62.2 Å². The second-order valence-electron chi connectivity index (χ2n) is 7.82. The van der Waals surface area contributed by atoms with Crippen LogP contribution in [0.4, 0.5) is 0 Å². The van der Waals surface area contributed by atoms with E-state index in [4.69, 9.17) is 9.72 Å². The lowest BCUT2D eigenvalue weighted by Crippen LogP contribution is -2.33. The number of methoxy groups -OCH3 is 1. The molecule has 32 heavy (non-hydrogen) atoms. The van der Waals surface area contributed by atoms with E-state index >= 15 is 0 Å². The molecule has 5 heteroatoms. The summed E-state index contributed by atoms with van der Waals surface area (Å²) in [6.07, 6.45) is 3.12. The Morgan fingerprint density at radius 1 is 0.938 bits per heavy atom. The number of fused-ring (bicyclic) bond motifs is 1. The highest BCUT2D eigenvalue weighted by Gasteiger charge is 2.22. The van der Waals surface area contributed by atoms with Crippen LogP contribution in [0.5, 0.6) is 5.75 Å². The van der Waals surface area contributed by atoms with Gasteiger partial charge in [-0.25, -0.2) is 4.98 Å². The second kappa shape index (κ2) is 10.1. The lowest BCUT2D eigenvalue weighted by atomic mass is 10.1. The Bertz CT molecular complexity index is 1180. The summed E-state index contributed by atoms with van der Waals surface area (Å²) in [5.74, 6) is 1.40. The molecule has 1 heterocycles. The first kappa shape index (κ1) is 21.6. The topological polar surface area (TPSA) is 47.4 Å². The lowest BCUT2D eigenvalue weighted by molar-refractivity contribution is 0.0731. The number of rotatable bonds is 9. The van der Waals surface area contributed by atoms with E-state index in [-0.39, 0.29) is 5.91 Å². The van der Waals surface area contributed by atoms with Crippen molar-refractivity contribution >= 4 is 16.9 Å². The molecule has 164 valence electrons. The van der Waals surface area contributed by atoms with Crippen molar-refractivity contribution in [2.75, 3.05) is 13.7 Å². The number of para-hydroxylation sites is 4. The van der Waals surface area contributed by atoms with Crippen molar-refractivity contribution in [1.82, 2.24) is 14.5 Å². The van der Waals surface area contributed by atoms with Crippen molar-refractivity contribution in [2.45, 2.75) is 32.7 Å². The maximum atomic E-state index is 13.6. The van der Waals surface area contributed by atoms with Crippen LogP contribution in [0.3, 0.4) is 0 Å².